The summed E-state index contributed by atoms with van der Waals surface area (Å²) in [6.07, 6.45) is 14.0. The molecule has 0 atom stereocenters. The van der Waals surface area contributed by atoms with Crippen molar-refractivity contribution in [3.05, 3.63) is 0 Å². The molecule has 0 bridgehead atoms. The molecule has 2 heteroatoms. The molecule has 0 aromatic carbocycles. The molecule has 0 aromatic heterocycles. The van der Waals surface area contributed by atoms with E-state index in [0.29, 0.717) is 6.10 Å². The van der Waals surface area contributed by atoms with Crippen LogP contribution in [0.15, 0.2) is 0 Å². The Morgan fingerprint density at radius 3 is 2.20 bits per heavy atom. The van der Waals surface area contributed by atoms with E-state index in [9.17, 15) is 0 Å². The van der Waals surface area contributed by atoms with Gasteiger partial charge < -0.3 is 10.1 Å². The van der Waals surface area contributed by atoms with Crippen LogP contribution in [0, 0.1) is 11.8 Å². The lowest BCUT2D eigenvalue weighted by Crippen LogP contribution is -2.48. The minimum absolute atomic E-state index is 0.170. The topological polar surface area (TPSA) is 21.3 Å². The van der Waals surface area contributed by atoms with Crippen molar-refractivity contribution in [2.24, 2.45) is 11.8 Å². The molecule has 0 aromatic rings. The predicted octanol–water partition coefficient (Wildman–Crippen LogP) is 4.28. The molecule has 0 heterocycles. The Balaban J connectivity index is 1.57. The molecular formula is C18H33NO. The summed E-state index contributed by atoms with van der Waals surface area (Å²) in [5.41, 5.74) is 0.170. The molecule has 0 aliphatic heterocycles. The van der Waals surface area contributed by atoms with Crippen molar-refractivity contribution < 1.29 is 4.74 Å². The van der Waals surface area contributed by atoms with Gasteiger partial charge in [0, 0.05) is 12.6 Å². The first-order valence-corrected chi connectivity index (χ1v) is 9.08. The lowest BCUT2D eigenvalue weighted by Gasteiger charge is -2.43. The molecule has 2 nitrogen and oxygen atoms in total. The van der Waals surface area contributed by atoms with E-state index in [1.54, 1.807) is 0 Å². The van der Waals surface area contributed by atoms with Crippen LogP contribution in [0.25, 0.3) is 0 Å². The third-order valence-corrected chi connectivity index (χ3v) is 5.89. The van der Waals surface area contributed by atoms with Gasteiger partial charge in [-0.2, -0.15) is 0 Å². The van der Waals surface area contributed by atoms with E-state index in [1.165, 1.54) is 64.2 Å². The molecule has 3 aliphatic carbocycles. The fourth-order valence-electron chi connectivity index (χ4n) is 4.15. The third kappa shape index (κ3) is 3.76. The van der Waals surface area contributed by atoms with E-state index < -0.39 is 0 Å². The van der Waals surface area contributed by atoms with E-state index in [-0.39, 0.29) is 5.60 Å². The molecule has 0 radical (unpaired) electrons. The van der Waals surface area contributed by atoms with Gasteiger partial charge in [-0.05, 0) is 63.2 Å². The standard InChI is InChI=1S/C18H33NO/c1-14(2)15-9-11-18(12-10-15,13-19-16-7-8-16)20-17-5-3-4-6-17/h14-17,19H,3-13H2,1-2H3. The van der Waals surface area contributed by atoms with E-state index >= 15 is 0 Å². The summed E-state index contributed by atoms with van der Waals surface area (Å²) < 4.78 is 6.68. The van der Waals surface area contributed by atoms with Gasteiger partial charge in [0.2, 0.25) is 0 Å². The summed E-state index contributed by atoms with van der Waals surface area (Å²) >= 11 is 0. The molecule has 0 unspecified atom stereocenters. The van der Waals surface area contributed by atoms with Crippen molar-refractivity contribution in [3.63, 3.8) is 0 Å². The van der Waals surface area contributed by atoms with Gasteiger partial charge in [-0.15, -0.1) is 0 Å². The fraction of sp³-hybridized carbons (Fsp3) is 1.00. The first-order chi connectivity index (χ1) is 9.67. The zero-order chi connectivity index (χ0) is 14.0. The number of hydrogen-bond donors (Lipinski definition) is 1. The second kappa shape index (κ2) is 6.36. The molecule has 20 heavy (non-hydrogen) atoms. The Hall–Kier alpha value is -0.0800. The monoisotopic (exact) mass is 279 g/mol. The fourth-order valence-corrected chi connectivity index (χ4v) is 4.15. The molecule has 3 fully saturated rings. The molecule has 116 valence electrons. The van der Waals surface area contributed by atoms with Crippen molar-refractivity contribution in [1.82, 2.24) is 5.32 Å². The van der Waals surface area contributed by atoms with Crippen LogP contribution < -0.4 is 5.32 Å². The second-order valence-electron chi connectivity index (χ2n) is 7.94. The molecule has 3 saturated carbocycles. The predicted molar refractivity (Wildman–Crippen MR) is 83.9 cm³/mol. The first-order valence-electron chi connectivity index (χ1n) is 9.08. The molecule has 3 rings (SSSR count). The SMILES string of the molecule is CC(C)C1CCC(CNC2CC2)(OC2CCCC2)CC1. The van der Waals surface area contributed by atoms with Crippen LogP contribution in [0.1, 0.15) is 78.1 Å². The van der Waals surface area contributed by atoms with E-state index in [0.717, 1.165) is 24.4 Å². The van der Waals surface area contributed by atoms with Gasteiger partial charge in [-0.1, -0.05) is 26.7 Å². The summed E-state index contributed by atoms with van der Waals surface area (Å²) in [6, 6.07) is 0.807. The zero-order valence-electron chi connectivity index (χ0n) is 13.5. The Kier molecular flexibility index (Phi) is 4.72. The number of rotatable bonds is 6. The highest BCUT2D eigenvalue weighted by molar-refractivity contribution is 4.94. The number of ether oxygens (including phenoxy) is 1. The van der Waals surface area contributed by atoms with E-state index in [4.69, 9.17) is 4.74 Å². The largest absolute Gasteiger partial charge is 0.370 e. The minimum atomic E-state index is 0.170. The first kappa shape index (κ1) is 14.8. The summed E-state index contributed by atoms with van der Waals surface area (Å²) in [7, 11) is 0. The maximum Gasteiger partial charge on any atom is 0.0810 e. The molecule has 0 saturated heterocycles. The van der Waals surface area contributed by atoms with E-state index in [2.05, 4.69) is 19.2 Å². The van der Waals surface area contributed by atoms with Gasteiger partial charge in [-0.3, -0.25) is 0 Å². The van der Waals surface area contributed by atoms with Gasteiger partial charge in [0.05, 0.1) is 11.7 Å². The summed E-state index contributed by atoms with van der Waals surface area (Å²) in [4.78, 5) is 0. The highest BCUT2D eigenvalue weighted by Gasteiger charge is 2.40. The summed E-state index contributed by atoms with van der Waals surface area (Å²) in [6.45, 7) is 5.88. The van der Waals surface area contributed by atoms with Crippen LogP contribution >= 0.6 is 0 Å². The van der Waals surface area contributed by atoms with Crippen molar-refractivity contribution in [2.75, 3.05) is 6.54 Å². The third-order valence-electron chi connectivity index (χ3n) is 5.89. The van der Waals surface area contributed by atoms with Crippen LogP contribution in [-0.4, -0.2) is 24.3 Å². The van der Waals surface area contributed by atoms with Gasteiger partial charge in [-0.25, -0.2) is 0 Å². The second-order valence-corrected chi connectivity index (χ2v) is 7.94. The summed E-state index contributed by atoms with van der Waals surface area (Å²) in [5, 5.41) is 3.76. The molecule has 3 aliphatic rings. The van der Waals surface area contributed by atoms with Gasteiger partial charge in [0.1, 0.15) is 0 Å². The van der Waals surface area contributed by atoms with Crippen LogP contribution in [0.3, 0.4) is 0 Å². The quantitative estimate of drug-likeness (QED) is 0.783. The lowest BCUT2D eigenvalue weighted by molar-refractivity contribution is -0.117. The van der Waals surface area contributed by atoms with Crippen molar-refractivity contribution in [2.45, 2.75) is 95.8 Å². The Labute approximate surface area is 125 Å². The van der Waals surface area contributed by atoms with Crippen LogP contribution in [0.4, 0.5) is 0 Å². The van der Waals surface area contributed by atoms with Crippen LogP contribution in [-0.2, 0) is 4.74 Å². The van der Waals surface area contributed by atoms with Crippen molar-refractivity contribution in [1.29, 1.82) is 0 Å². The van der Waals surface area contributed by atoms with E-state index in [1.807, 2.05) is 0 Å². The summed E-state index contributed by atoms with van der Waals surface area (Å²) in [5.74, 6) is 1.77. The zero-order valence-corrected chi connectivity index (χ0v) is 13.5. The lowest BCUT2D eigenvalue weighted by atomic mass is 9.74. The Bertz CT molecular complexity index is 297. The van der Waals surface area contributed by atoms with Crippen LogP contribution in [0.5, 0.6) is 0 Å². The normalized spacial score (nSPS) is 35.9. The van der Waals surface area contributed by atoms with Gasteiger partial charge in [0.15, 0.2) is 0 Å². The van der Waals surface area contributed by atoms with Crippen molar-refractivity contribution in [3.8, 4) is 0 Å². The smallest absolute Gasteiger partial charge is 0.0810 e. The highest BCUT2D eigenvalue weighted by Crippen LogP contribution is 2.40. The highest BCUT2D eigenvalue weighted by atomic mass is 16.5. The van der Waals surface area contributed by atoms with Crippen molar-refractivity contribution >= 4 is 0 Å². The van der Waals surface area contributed by atoms with Gasteiger partial charge in [0.25, 0.3) is 0 Å². The maximum atomic E-state index is 6.68. The molecule has 0 spiro atoms. The molecular weight excluding hydrogens is 246 g/mol. The van der Waals surface area contributed by atoms with Crippen LogP contribution in [0.2, 0.25) is 0 Å². The number of hydrogen-bond acceptors (Lipinski definition) is 2. The maximum absolute atomic E-state index is 6.68. The average molecular weight is 279 g/mol. The molecule has 0 amide bonds. The minimum Gasteiger partial charge on any atom is -0.370 e. The average Bonchev–Trinajstić information content (AvgIpc) is 3.14. The Morgan fingerprint density at radius 1 is 1.00 bits per heavy atom. The Morgan fingerprint density at radius 2 is 1.65 bits per heavy atom. The number of nitrogens with one attached hydrogen (secondary N) is 1. The molecule has 1 N–H and O–H groups in total. The van der Waals surface area contributed by atoms with Gasteiger partial charge >= 0.3 is 0 Å².